The molecule has 0 bridgehead atoms. The summed E-state index contributed by atoms with van der Waals surface area (Å²) in [7, 11) is 0. The van der Waals surface area contributed by atoms with E-state index in [0.717, 1.165) is 0 Å². The minimum atomic E-state index is -3.52. The van der Waals surface area contributed by atoms with Crippen LogP contribution in [0.3, 0.4) is 0 Å². The van der Waals surface area contributed by atoms with E-state index in [1.54, 1.807) is 0 Å². The van der Waals surface area contributed by atoms with Crippen LogP contribution in [0.2, 0.25) is 0 Å². The first-order valence-corrected chi connectivity index (χ1v) is 3.06. The van der Waals surface area contributed by atoms with E-state index >= 15 is 0 Å². The highest BCUT2D eigenvalue weighted by Crippen LogP contribution is 2.27. The lowest BCUT2D eigenvalue weighted by molar-refractivity contribution is 0.139. The van der Waals surface area contributed by atoms with Crippen molar-refractivity contribution in [3.63, 3.8) is 0 Å². The highest BCUT2D eigenvalue weighted by atomic mass is 19.3. The van der Waals surface area contributed by atoms with Gasteiger partial charge < -0.3 is 0 Å². The Balaban J connectivity index is 3.44. The molecule has 6 heteroatoms. The molecule has 0 aliphatic heterocycles. The van der Waals surface area contributed by atoms with E-state index in [2.05, 4.69) is 0 Å². The molecule has 0 saturated carbocycles. The fraction of sp³-hybridized carbons (Fsp3) is 0.143. The zero-order chi connectivity index (χ0) is 10.2. The molecule has 13 heavy (non-hydrogen) atoms. The van der Waals surface area contributed by atoms with Gasteiger partial charge >= 0.3 is 0 Å². The number of benzene rings is 1. The predicted molar refractivity (Wildman–Crippen MR) is 31.2 cm³/mol. The molecule has 1 aromatic rings. The zero-order valence-corrected chi connectivity index (χ0v) is 5.92. The van der Waals surface area contributed by atoms with Crippen molar-refractivity contribution < 1.29 is 26.3 Å². The lowest BCUT2D eigenvalue weighted by atomic mass is 10.2. The predicted octanol–water partition coefficient (Wildman–Crippen LogP) is 3.18. The molecule has 0 nitrogen and oxygen atoms in total. The normalized spacial score (nSPS) is 11.0. The minimum Gasteiger partial charge on any atom is -0.206 e. The number of halogens is 6. The second-order valence-corrected chi connectivity index (χ2v) is 2.18. The number of alkyl halides is 2. The second kappa shape index (κ2) is 3.27. The van der Waals surface area contributed by atoms with Crippen molar-refractivity contribution in [3.8, 4) is 0 Å². The van der Waals surface area contributed by atoms with Crippen LogP contribution in [-0.2, 0) is 0 Å². The van der Waals surface area contributed by atoms with Crippen molar-refractivity contribution >= 4 is 0 Å². The van der Waals surface area contributed by atoms with Crippen molar-refractivity contribution in [2.75, 3.05) is 0 Å². The van der Waals surface area contributed by atoms with E-state index in [0.29, 0.717) is 0 Å². The molecule has 0 spiro atoms. The lowest BCUT2D eigenvalue weighted by Crippen LogP contribution is -2.02. The third-order valence-corrected chi connectivity index (χ3v) is 1.37. The molecule has 0 radical (unpaired) electrons. The standard InChI is InChI=1S/C7H2F6/c8-2-1-3(9)5(10)6(11)4(2)7(12)13/h1,7H. The molecule has 72 valence electrons. The van der Waals surface area contributed by atoms with Crippen molar-refractivity contribution in [2.24, 2.45) is 0 Å². The average molecular weight is 200 g/mol. The van der Waals surface area contributed by atoms with Gasteiger partial charge in [-0.15, -0.1) is 0 Å². The van der Waals surface area contributed by atoms with Crippen molar-refractivity contribution in [2.45, 2.75) is 6.43 Å². The van der Waals surface area contributed by atoms with Crippen LogP contribution in [0.4, 0.5) is 26.3 Å². The summed E-state index contributed by atoms with van der Waals surface area (Å²) in [6, 6.07) is -0.125. The smallest absolute Gasteiger partial charge is 0.206 e. The molecule has 0 atom stereocenters. The fourth-order valence-electron chi connectivity index (χ4n) is 0.780. The summed E-state index contributed by atoms with van der Waals surface area (Å²) in [6.07, 6.45) is -3.52. The SMILES string of the molecule is Fc1cc(F)c(C(F)F)c(F)c1F. The molecule has 0 aliphatic carbocycles. The first kappa shape index (κ1) is 9.88. The third-order valence-electron chi connectivity index (χ3n) is 1.37. The summed E-state index contributed by atoms with van der Waals surface area (Å²) in [4.78, 5) is 0. The van der Waals surface area contributed by atoms with Gasteiger partial charge in [-0.1, -0.05) is 0 Å². The van der Waals surface area contributed by atoms with Gasteiger partial charge in [0.1, 0.15) is 5.82 Å². The Labute approximate surface area is 68.8 Å². The highest BCUT2D eigenvalue weighted by Gasteiger charge is 2.24. The van der Waals surface area contributed by atoms with Gasteiger partial charge in [0, 0.05) is 6.07 Å². The summed E-state index contributed by atoms with van der Waals surface area (Å²) in [5.41, 5.74) is -1.75. The van der Waals surface area contributed by atoms with Crippen LogP contribution in [0.25, 0.3) is 0 Å². The molecule has 1 aromatic carbocycles. The lowest BCUT2D eigenvalue weighted by Gasteiger charge is -2.04. The number of rotatable bonds is 1. The van der Waals surface area contributed by atoms with E-state index in [-0.39, 0.29) is 6.07 Å². The van der Waals surface area contributed by atoms with Gasteiger partial charge in [0.25, 0.3) is 6.43 Å². The van der Waals surface area contributed by atoms with Gasteiger partial charge in [-0.05, 0) is 0 Å². The maximum absolute atomic E-state index is 12.4. The Morgan fingerprint density at radius 2 is 1.38 bits per heavy atom. The highest BCUT2D eigenvalue weighted by molar-refractivity contribution is 5.23. The Morgan fingerprint density at radius 3 is 1.85 bits per heavy atom. The third kappa shape index (κ3) is 1.61. The van der Waals surface area contributed by atoms with E-state index in [1.165, 1.54) is 0 Å². The van der Waals surface area contributed by atoms with Crippen LogP contribution in [-0.4, -0.2) is 0 Å². The van der Waals surface area contributed by atoms with E-state index < -0.39 is 35.3 Å². The van der Waals surface area contributed by atoms with Gasteiger partial charge in [-0.25, -0.2) is 26.3 Å². The zero-order valence-electron chi connectivity index (χ0n) is 5.92. The van der Waals surface area contributed by atoms with Crippen LogP contribution in [0.1, 0.15) is 12.0 Å². The molecule has 0 N–H and O–H groups in total. The van der Waals surface area contributed by atoms with Crippen LogP contribution < -0.4 is 0 Å². The van der Waals surface area contributed by atoms with Crippen LogP contribution in [0, 0.1) is 23.3 Å². The van der Waals surface area contributed by atoms with E-state index in [9.17, 15) is 26.3 Å². The molecule has 0 aliphatic rings. The maximum Gasteiger partial charge on any atom is 0.269 e. The Hall–Kier alpha value is -1.20. The fourth-order valence-corrected chi connectivity index (χ4v) is 0.780. The largest absolute Gasteiger partial charge is 0.269 e. The van der Waals surface area contributed by atoms with E-state index in [4.69, 9.17) is 0 Å². The Morgan fingerprint density at radius 1 is 0.846 bits per heavy atom. The molecule has 0 aromatic heterocycles. The molecule has 0 saturated heterocycles. The van der Waals surface area contributed by atoms with Crippen molar-refractivity contribution in [1.82, 2.24) is 0 Å². The minimum absolute atomic E-state index is 0.125. The van der Waals surface area contributed by atoms with Gasteiger partial charge in [0.15, 0.2) is 17.5 Å². The van der Waals surface area contributed by atoms with Gasteiger partial charge in [0.2, 0.25) is 0 Å². The first-order chi connectivity index (χ1) is 5.95. The van der Waals surface area contributed by atoms with E-state index in [1.807, 2.05) is 0 Å². The summed E-state index contributed by atoms with van der Waals surface area (Å²) < 4.78 is 73.0. The van der Waals surface area contributed by atoms with Gasteiger partial charge in [-0.3, -0.25) is 0 Å². The van der Waals surface area contributed by atoms with Crippen LogP contribution in [0.15, 0.2) is 6.07 Å². The second-order valence-electron chi connectivity index (χ2n) is 2.18. The summed E-state index contributed by atoms with van der Waals surface area (Å²) in [6.45, 7) is 0. The van der Waals surface area contributed by atoms with Crippen molar-refractivity contribution in [1.29, 1.82) is 0 Å². The summed E-state index contributed by atoms with van der Waals surface area (Å²) in [5, 5.41) is 0. The molecule has 0 amide bonds. The van der Waals surface area contributed by atoms with Gasteiger partial charge in [-0.2, -0.15) is 0 Å². The molecular formula is C7H2F6. The topological polar surface area (TPSA) is 0 Å². The van der Waals surface area contributed by atoms with Gasteiger partial charge in [0.05, 0.1) is 5.56 Å². The quantitative estimate of drug-likeness (QED) is 0.371. The molecular weight excluding hydrogens is 198 g/mol. The summed E-state index contributed by atoms with van der Waals surface area (Å²) >= 11 is 0. The monoisotopic (exact) mass is 200 g/mol. The van der Waals surface area contributed by atoms with Crippen molar-refractivity contribution in [3.05, 3.63) is 34.9 Å². The maximum atomic E-state index is 12.4. The Kier molecular flexibility index (Phi) is 2.49. The molecule has 0 unspecified atom stereocenters. The molecule has 0 fully saturated rings. The average Bonchev–Trinajstić information content (AvgIpc) is 1.99. The number of hydrogen-bond donors (Lipinski definition) is 0. The number of hydrogen-bond acceptors (Lipinski definition) is 0. The summed E-state index contributed by atoms with van der Waals surface area (Å²) in [5.74, 6) is -7.92. The first-order valence-electron chi connectivity index (χ1n) is 3.06. The van der Waals surface area contributed by atoms with Crippen LogP contribution >= 0.6 is 0 Å². The molecule has 0 heterocycles. The Bertz CT molecular complexity index is 332. The molecule has 1 rings (SSSR count). The van der Waals surface area contributed by atoms with Crippen LogP contribution in [0.5, 0.6) is 0 Å².